The second-order valence-electron chi connectivity index (χ2n) is 8.27. The summed E-state index contributed by atoms with van der Waals surface area (Å²) in [4.78, 5) is 20.6. The lowest BCUT2D eigenvalue weighted by Gasteiger charge is -2.21. The molecule has 0 radical (unpaired) electrons. The van der Waals surface area contributed by atoms with Gasteiger partial charge in [-0.3, -0.25) is 4.57 Å². The number of hydrogen-bond donors (Lipinski definition) is 2. The molecule has 5 aromatic carbocycles. The van der Waals surface area contributed by atoms with Crippen molar-refractivity contribution in [1.29, 1.82) is 0 Å². The summed E-state index contributed by atoms with van der Waals surface area (Å²) in [6.45, 7) is 2.16. The van der Waals surface area contributed by atoms with Crippen molar-refractivity contribution in [3.63, 3.8) is 0 Å². The van der Waals surface area contributed by atoms with Crippen LogP contribution in [-0.4, -0.2) is 9.79 Å². The van der Waals surface area contributed by atoms with E-state index in [-0.39, 0.29) is 5.30 Å². The minimum absolute atomic E-state index is 0.0986. The SMILES string of the molecule is CCCCc1c2ccccc2c(-c2cccc3ccccc23)c2c(P(=O)(O)O)cccc12. The van der Waals surface area contributed by atoms with Crippen LogP contribution in [0.5, 0.6) is 0 Å². The molecule has 5 aromatic rings. The molecule has 0 aliphatic rings. The molecular formula is C28H25O3P. The van der Waals surface area contributed by atoms with Crippen molar-refractivity contribution in [2.24, 2.45) is 0 Å². The highest BCUT2D eigenvalue weighted by Gasteiger charge is 2.26. The van der Waals surface area contributed by atoms with Gasteiger partial charge in [-0.05, 0) is 62.5 Å². The Bertz CT molecular complexity index is 1510. The molecule has 0 aromatic heterocycles. The summed E-state index contributed by atoms with van der Waals surface area (Å²) in [6, 6.07) is 28.0. The van der Waals surface area contributed by atoms with Gasteiger partial charge >= 0.3 is 7.60 Å². The zero-order chi connectivity index (χ0) is 22.3. The Morgan fingerprint density at radius 3 is 2.09 bits per heavy atom. The van der Waals surface area contributed by atoms with E-state index in [9.17, 15) is 14.4 Å². The zero-order valence-corrected chi connectivity index (χ0v) is 18.8. The number of benzene rings is 5. The maximum atomic E-state index is 12.6. The van der Waals surface area contributed by atoms with Gasteiger partial charge in [0.25, 0.3) is 0 Å². The first-order valence-electron chi connectivity index (χ1n) is 11.0. The Morgan fingerprint density at radius 1 is 0.719 bits per heavy atom. The van der Waals surface area contributed by atoms with Crippen LogP contribution in [0.15, 0.2) is 84.9 Å². The Kier molecular flexibility index (Phi) is 5.35. The first-order chi connectivity index (χ1) is 15.5. The van der Waals surface area contributed by atoms with Gasteiger partial charge in [-0.1, -0.05) is 92.2 Å². The van der Waals surface area contributed by atoms with E-state index in [2.05, 4.69) is 43.3 Å². The molecule has 4 heteroatoms. The average Bonchev–Trinajstić information content (AvgIpc) is 2.80. The van der Waals surface area contributed by atoms with Gasteiger partial charge in [-0.2, -0.15) is 0 Å². The van der Waals surface area contributed by atoms with E-state index < -0.39 is 7.60 Å². The smallest absolute Gasteiger partial charge is 0.321 e. The monoisotopic (exact) mass is 440 g/mol. The molecule has 0 fully saturated rings. The van der Waals surface area contributed by atoms with Crippen molar-refractivity contribution in [2.75, 3.05) is 0 Å². The molecule has 0 saturated carbocycles. The molecule has 32 heavy (non-hydrogen) atoms. The van der Waals surface area contributed by atoms with Crippen LogP contribution in [0.2, 0.25) is 0 Å². The summed E-state index contributed by atoms with van der Waals surface area (Å²) >= 11 is 0. The topological polar surface area (TPSA) is 57.5 Å². The minimum atomic E-state index is -4.50. The number of hydrogen-bond acceptors (Lipinski definition) is 1. The molecule has 0 saturated heterocycles. The standard InChI is InChI=1S/C28H25O3P/c1-2-3-12-21-22-14-6-7-15-24(22)27(23-16-8-11-19-10-4-5-13-20(19)23)28-25(21)17-9-18-26(28)32(29,30)31/h4-11,13-18H,2-3,12H2,1H3,(H2,29,30,31). The molecule has 3 nitrogen and oxygen atoms in total. The zero-order valence-electron chi connectivity index (χ0n) is 18.0. The maximum absolute atomic E-state index is 12.6. The molecule has 0 bridgehead atoms. The van der Waals surface area contributed by atoms with E-state index in [1.54, 1.807) is 12.1 Å². The summed E-state index contributed by atoms with van der Waals surface area (Å²) < 4.78 is 12.6. The second kappa shape index (κ2) is 8.18. The van der Waals surface area contributed by atoms with Crippen molar-refractivity contribution in [2.45, 2.75) is 26.2 Å². The second-order valence-corrected chi connectivity index (χ2v) is 9.84. The Labute approximate surface area is 187 Å². The third-order valence-corrected chi connectivity index (χ3v) is 7.29. The summed E-state index contributed by atoms with van der Waals surface area (Å²) in [5.41, 5.74) is 3.05. The molecule has 5 rings (SSSR count). The molecule has 0 unspecified atom stereocenters. The van der Waals surface area contributed by atoms with E-state index in [4.69, 9.17) is 0 Å². The van der Waals surface area contributed by atoms with Crippen molar-refractivity contribution >= 4 is 45.2 Å². The number of aryl methyl sites for hydroxylation is 1. The predicted molar refractivity (Wildman–Crippen MR) is 135 cm³/mol. The van der Waals surface area contributed by atoms with Crippen molar-refractivity contribution in [3.05, 3.63) is 90.5 Å². The third kappa shape index (κ3) is 3.43. The first kappa shape index (κ1) is 20.9. The van der Waals surface area contributed by atoms with Crippen LogP contribution in [0.4, 0.5) is 0 Å². The van der Waals surface area contributed by atoms with E-state index >= 15 is 0 Å². The summed E-state index contributed by atoms with van der Waals surface area (Å²) in [5.74, 6) is 0. The molecule has 0 atom stereocenters. The van der Waals surface area contributed by atoms with Crippen LogP contribution in [0, 0.1) is 0 Å². The molecule has 0 aliphatic carbocycles. The minimum Gasteiger partial charge on any atom is -0.321 e. The van der Waals surface area contributed by atoms with Gasteiger partial charge in [0, 0.05) is 5.39 Å². The van der Waals surface area contributed by atoms with Gasteiger partial charge in [0.1, 0.15) is 0 Å². The highest BCUT2D eigenvalue weighted by molar-refractivity contribution is 7.60. The van der Waals surface area contributed by atoms with E-state index in [0.717, 1.165) is 62.9 Å². The van der Waals surface area contributed by atoms with Crippen LogP contribution in [0.1, 0.15) is 25.3 Å². The Hall–Kier alpha value is -2.97. The lowest BCUT2D eigenvalue weighted by atomic mass is 9.85. The van der Waals surface area contributed by atoms with Crippen LogP contribution >= 0.6 is 7.60 Å². The fourth-order valence-electron chi connectivity index (χ4n) is 4.89. The summed E-state index contributed by atoms with van der Waals surface area (Å²) in [7, 11) is -4.50. The lowest BCUT2D eigenvalue weighted by molar-refractivity contribution is 0.388. The van der Waals surface area contributed by atoms with Crippen LogP contribution < -0.4 is 5.30 Å². The van der Waals surface area contributed by atoms with Crippen molar-refractivity contribution in [3.8, 4) is 11.1 Å². The fourth-order valence-corrected chi connectivity index (χ4v) is 5.69. The van der Waals surface area contributed by atoms with E-state index in [0.29, 0.717) is 5.39 Å². The molecule has 2 N–H and O–H groups in total. The predicted octanol–water partition coefficient (Wildman–Crippen LogP) is 6.96. The third-order valence-electron chi connectivity index (χ3n) is 6.29. The summed E-state index contributed by atoms with van der Waals surface area (Å²) in [6.07, 6.45) is 2.94. The van der Waals surface area contributed by atoms with E-state index in [1.165, 1.54) is 0 Å². The highest BCUT2D eigenvalue weighted by atomic mass is 31.2. The van der Waals surface area contributed by atoms with Crippen LogP contribution in [0.3, 0.4) is 0 Å². The lowest BCUT2D eigenvalue weighted by Crippen LogP contribution is -2.08. The molecule has 0 aliphatic heterocycles. The molecule has 0 spiro atoms. The largest absolute Gasteiger partial charge is 0.356 e. The van der Waals surface area contributed by atoms with Gasteiger partial charge in [0.05, 0.1) is 5.30 Å². The van der Waals surface area contributed by atoms with Crippen molar-refractivity contribution in [1.82, 2.24) is 0 Å². The van der Waals surface area contributed by atoms with Gasteiger partial charge in [-0.15, -0.1) is 0 Å². The van der Waals surface area contributed by atoms with Gasteiger partial charge < -0.3 is 9.79 Å². The first-order valence-corrected chi connectivity index (χ1v) is 12.6. The summed E-state index contributed by atoms with van der Waals surface area (Å²) in [5, 5.41) is 6.06. The van der Waals surface area contributed by atoms with Crippen LogP contribution in [-0.2, 0) is 11.0 Å². The molecule has 0 heterocycles. The van der Waals surface area contributed by atoms with Crippen molar-refractivity contribution < 1.29 is 14.4 Å². The Balaban J connectivity index is 2.05. The molecule has 160 valence electrons. The normalized spacial score (nSPS) is 12.1. The van der Waals surface area contributed by atoms with Gasteiger partial charge in [-0.25, -0.2) is 0 Å². The fraction of sp³-hybridized carbons (Fsp3) is 0.143. The van der Waals surface area contributed by atoms with Gasteiger partial charge in [0.15, 0.2) is 0 Å². The maximum Gasteiger partial charge on any atom is 0.356 e. The number of fused-ring (bicyclic) bond motifs is 3. The van der Waals surface area contributed by atoms with E-state index in [1.807, 2.05) is 36.4 Å². The highest BCUT2D eigenvalue weighted by Crippen LogP contribution is 2.46. The Morgan fingerprint density at radius 2 is 1.34 bits per heavy atom. The molecule has 0 amide bonds. The van der Waals surface area contributed by atoms with Gasteiger partial charge in [0.2, 0.25) is 0 Å². The molecular weight excluding hydrogens is 415 g/mol. The number of unbranched alkanes of at least 4 members (excludes halogenated alkanes) is 1. The number of rotatable bonds is 5. The average molecular weight is 440 g/mol. The van der Waals surface area contributed by atoms with Crippen LogP contribution in [0.25, 0.3) is 43.4 Å². The quantitative estimate of drug-likeness (QED) is 0.229.